The van der Waals surface area contributed by atoms with Crippen LogP contribution < -0.4 is 5.56 Å². The first-order chi connectivity index (χ1) is 17.1. The second kappa shape index (κ2) is 9.02. The molecular weight excluding hydrogens is 440 g/mol. The molecule has 180 valence electrons. The maximum atomic E-state index is 13.6. The molecule has 35 heavy (non-hydrogen) atoms. The van der Waals surface area contributed by atoms with E-state index in [1.807, 2.05) is 17.7 Å². The molecule has 0 aliphatic carbocycles. The number of pyridine rings is 1. The van der Waals surface area contributed by atoms with Gasteiger partial charge in [-0.3, -0.25) is 9.69 Å². The fraction of sp³-hybridized carbons (Fsp3) is 0.407. The van der Waals surface area contributed by atoms with Crippen LogP contribution in [0.3, 0.4) is 0 Å². The highest BCUT2D eigenvalue weighted by Crippen LogP contribution is 2.32. The normalized spacial score (nSPS) is 19.2. The Kier molecular flexibility index (Phi) is 5.70. The van der Waals surface area contributed by atoms with E-state index in [1.54, 1.807) is 0 Å². The molecule has 6 rings (SSSR count). The van der Waals surface area contributed by atoms with Gasteiger partial charge in [0.1, 0.15) is 6.04 Å². The molecule has 0 spiro atoms. The zero-order valence-electron chi connectivity index (χ0n) is 20.2. The smallest absolute Gasteiger partial charge is 0.253 e. The molecule has 1 saturated heterocycles. The molecule has 0 bridgehead atoms. The van der Waals surface area contributed by atoms with Gasteiger partial charge in [0.2, 0.25) is 0 Å². The van der Waals surface area contributed by atoms with Crippen molar-refractivity contribution in [1.29, 1.82) is 0 Å². The second-order valence-electron chi connectivity index (χ2n) is 9.85. The number of tetrazole rings is 1. The zero-order valence-corrected chi connectivity index (χ0v) is 20.2. The zero-order chi connectivity index (χ0) is 23.9. The van der Waals surface area contributed by atoms with Gasteiger partial charge in [0.05, 0.1) is 18.2 Å². The quantitative estimate of drug-likeness (QED) is 0.481. The number of benzene rings is 2. The lowest BCUT2D eigenvalue weighted by molar-refractivity contribution is 0.0904. The van der Waals surface area contributed by atoms with E-state index in [0.29, 0.717) is 17.9 Å². The SMILES string of the molecule is Cc1cc(C)c2[nH]c(=O)c([C@H](c3nnnn3C[C@@H]3CCCO3)N3CCc4ccccc4C3)cc2c1. The van der Waals surface area contributed by atoms with Crippen molar-refractivity contribution in [1.82, 2.24) is 30.1 Å². The first-order valence-electron chi connectivity index (χ1n) is 12.4. The van der Waals surface area contributed by atoms with Crippen LogP contribution in [0.25, 0.3) is 10.9 Å². The summed E-state index contributed by atoms with van der Waals surface area (Å²) in [6, 6.07) is 14.4. The minimum atomic E-state index is -0.367. The van der Waals surface area contributed by atoms with E-state index in [4.69, 9.17) is 4.74 Å². The predicted octanol–water partition coefficient (Wildman–Crippen LogP) is 3.46. The largest absolute Gasteiger partial charge is 0.376 e. The third-order valence-electron chi connectivity index (χ3n) is 7.35. The van der Waals surface area contributed by atoms with Gasteiger partial charge in [0, 0.05) is 25.3 Å². The van der Waals surface area contributed by atoms with Gasteiger partial charge in [-0.2, -0.15) is 0 Å². The van der Waals surface area contributed by atoms with E-state index in [9.17, 15) is 4.79 Å². The Morgan fingerprint density at radius 2 is 2.03 bits per heavy atom. The molecule has 0 radical (unpaired) electrons. The van der Waals surface area contributed by atoms with Gasteiger partial charge in [0.25, 0.3) is 5.56 Å². The average Bonchev–Trinajstić information content (AvgIpc) is 3.53. The number of H-pyrrole nitrogens is 1. The van der Waals surface area contributed by atoms with E-state index in [2.05, 4.69) is 68.7 Å². The maximum Gasteiger partial charge on any atom is 0.253 e. The molecule has 0 amide bonds. The molecule has 0 saturated carbocycles. The number of aryl methyl sites for hydroxylation is 2. The van der Waals surface area contributed by atoms with E-state index in [-0.39, 0.29) is 17.7 Å². The molecule has 1 fully saturated rings. The van der Waals surface area contributed by atoms with Crippen LogP contribution in [-0.2, 0) is 24.2 Å². The fourth-order valence-corrected chi connectivity index (χ4v) is 5.66. The van der Waals surface area contributed by atoms with Crippen LogP contribution in [0.1, 0.15) is 52.5 Å². The number of rotatable bonds is 5. The first kappa shape index (κ1) is 22.1. The van der Waals surface area contributed by atoms with Gasteiger partial charge in [-0.1, -0.05) is 35.9 Å². The van der Waals surface area contributed by atoms with E-state index < -0.39 is 0 Å². The van der Waals surface area contributed by atoms with Crippen LogP contribution in [0.15, 0.2) is 47.3 Å². The van der Waals surface area contributed by atoms with Crippen LogP contribution in [0.4, 0.5) is 0 Å². The number of hydrogen-bond donors (Lipinski definition) is 1. The highest BCUT2D eigenvalue weighted by atomic mass is 16.5. The molecule has 0 unspecified atom stereocenters. The Hall–Kier alpha value is -3.36. The van der Waals surface area contributed by atoms with Crippen LogP contribution in [0.2, 0.25) is 0 Å². The Labute approximate surface area is 203 Å². The molecule has 2 aliphatic rings. The molecular formula is C27H30N6O2. The van der Waals surface area contributed by atoms with Crippen molar-refractivity contribution >= 4 is 10.9 Å². The third kappa shape index (κ3) is 4.17. The predicted molar refractivity (Wildman–Crippen MR) is 133 cm³/mol. The molecule has 4 aromatic rings. The number of aromatic nitrogens is 5. The summed E-state index contributed by atoms with van der Waals surface area (Å²) >= 11 is 0. The minimum Gasteiger partial charge on any atom is -0.376 e. The van der Waals surface area contributed by atoms with Crippen molar-refractivity contribution in [3.63, 3.8) is 0 Å². The number of aromatic amines is 1. The van der Waals surface area contributed by atoms with Crippen LogP contribution in [0.5, 0.6) is 0 Å². The van der Waals surface area contributed by atoms with Gasteiger partial charge in [0.15, 0.2) is 5.82 Å². The van der Waals surface area contributed by atoms with Crippen LogP contribution in [0, 0.1) is 13.8 Å². The summed E-state index contributed by atoms with van der Waals surface area (Å²) in [5, 5.41) is 13.9. The van der Waals surface area contributed by atoms with Crippen molar-refractivity contribution in [3.05, 3.63) is 86.5 Å². The van der Waals surface area contributed by atoms with Crippen molar-refractivity contribution in [2.24, 2.45) is 0 Å². The van der Waals surface area contributed by atoms with Gasteiger partial charge < -0.3 is 9.72 Å². The molecule has 8 nitrogen and oxygen atoms in total. The summed E-state index contributed by atoms with van der Waals surface area (Å²) in [6.07, 6.45) is 3.07. The minimum absolute atomic E-state index is 0.0972. The first-order valence-corrected chi connectivity index (χ1v) is 12.4. The molecule has 4 heterocycles. The van der Waals surface area contributed by atoms with E-state index >= 15 is 0 Å². The lowest BCUT2D eigenvalue weighted by Gasteiger charge is -2.35. The lowest BCUT2D eigenvalue weighted by atomic mass is 9.95. The number of nitrogens with zero attached hydrogens (tertiary/aromatic N) is 5. The third-order valence-corrected chi connectivity index (χ3v) is 7.35. The number of nitrogens with one attached hydrogen (secondary N) is 1. The molecule has 2 aliphatic heterocycles. The summed E-state index contributed by atoms with van der Waals surface area (Å²) in [5.41, 5.74) is 6.33. The summed E-state index contributed by atoms with van der Waals surface area (Å²) in [7, 11) is 0. The summed E-state index contributed by atoms with van der Waals surface area (Å²) in [6.45, 7) is 7.03. The van der Waals surface area contributed by atoms with Gasteiger partial charge in [-0.15, -0.1) is 5.10 Å². The highest BCUT2D eigenvalue weighted by molar-refractivity contribution is 5.83. The van der Waals surface area contributed by atoms with Crippen LogP contribution >= 0.6 is 0 Å². The lowest BCUT2D eigenvalue weighted by Crippen LogP contribution is -2.39. The number of ether oxygens (including phenoxy) is 1. The van der Waals surface area contributed by atoms with Gasteiger partial charge in [-0.25, -0.2) is 4.68 Å². The number of hydrogen-bond acceptors (Lipinski definition) is 6. The van der Waals surface area contributed by atoms with Crippen molar-refractivity contribution < 1.29 is 4.74 Å². The number of fused-ring (bicyclic) bond motifs is 2. The van der Waals surface area contributed by atoms with E-state index in [0.717, 1.165) is 55.4 Å². The Morgan fingerprint density at radius 1 is 1.17 bits per heavy atom. The fourth-order valence-electron chi connectivity index (χ4n) is 5.66. The summed E-state index contributed by atoms with van der Waals surface area (Å²) < 4.78 is 7.71. The highest BCUT2D eigenvalue weighted by Gasteiger charge is 2.33. The summed E-state index contributed by atoms with van der Waals surface area (Å²) in [4.78, 5) is 19.1. The maximum absolute atomic E-state index is 13.6. The molecule has 2 aromatic carbocycles. The Balaban J connectivity index is 1.48. The van der Waals surface area contributed by atoms with Gasteiger partial charge in [-0.05, 0) is 77.7 Å². The summed E-state index contributed by atoms with van der Waals surface area (Å²) in [5.74, 6) is 0.689. The van der Waals surface area contributed by atoms with Crippen molar-refractivity contribution in [2.45, 2.75) is 58.3 Å². The van der Waals surface area contributed by atoms with Crippen LogP contribution in [-0.4, -0.2) is 49.3 Å². The molecule has 2 atom stereocenters. The Bertz CT molecular complexity index is 1440. The molecule has 1 N–H and O–H groups in total. The van der Waals surface area contributed by atoms with E-state index in [1.165, 1.54) is 16.7 Å². The molecule has 8 heteroatoms. The standard InChI is InChI=1S/C27H30N6O2/c1-17-12-18(2)24-21(13-17)14-23(27(34)28-24)25(32-10-9-19-6-3-4-7-20(19)15-32)26-29-30-31-33(26)16-22-8-5-11-35-22/h3-4,6-7,12-14,22,25H,5,8-11,15-16H2,1-2H3,(H,28,34)/t22-,25+/m0/s1. The monoisotopic (exact) mass is 470 g/mol. The molecule has 2 aromatic heterocycles. The topological polar surface area (TPSA) is 88.9 Å². The van der Waals surface area contributed by atoms with Crippen molar-refractivity contribution in [2.75, 3.05) is 13.2 Å². The Morgan fingerprint density at radius 3 is 2.86 bits per heavy atom. The van der Waals surface area contributed by atoms with Gasteiger partial charge >= 0.3 is 0 Å². The average molecular weight is 471 g/mol. The second-order valence-corrected chi connectivity index (χ2v) is 9.85. The van der Waals surface area contributed by atoms with Crippen molar-refractivity contribution in [3.8, 4) is 0 Å².